The van der Waals surface area contributed by atoms with Crippen molar-refractivity contribution in [1.29, 1.82) is 0 Å². The number of thiophene rings is 1. The molecule has 5 heteroatoms. The molecule has 2 aromatic rings. The molecule has 0 unspecified atom stereocenters. The summed E-state index contributed by atoms with van der Waals surface area (Å²) < 4.78 is 4.97. The second kappa shape index (κ2) is 5.64. The fourth-order valence-electron chi connectivity index (χ4n) is 1.46. The second-order valence-electron chi connectivity index (χ2n) is 3.80. The van der Waals surface area contributed by atoms with E-state index in [9.17, 15) is 4.79 Å². The number of hydrogen-bond donors (Lipinski definition) is 1. The molecule has 2 heterocycles. The van der Waals surface area contributed by atoms with Crippen LogP contribution in [-0.4, -0.2) is 18.0 Å². The van der Waals surface area contributed by atoms with Crippen LogP contribution in [0.3, 0.4) is 0 Å². The summed E-state index contributed by atoms with van der Waals surface area (Å²) in [4.78, 5) is 17.8. The van der Waals surface area contributed by atoms with Crippen LogP contribution in [0.15, 0.2) is 30.5 Å². The van der Waals surface area contributed by atoms with Crippen molar-refractivity contribution in [1.82, 2.24) is 10.3 Å². The van der Waals surface area contributed by atoms with E-state index in [1.807, 2.05) is 25.1 Å². The number of aromatic nitrogens is 1. The topological polar surface area (TPSA) is 51.2 Å². The SMILES string of the molecule is COc1ccc(CNC(=O)c2ccc(C)s2)cn1. The zero-order chi connectivity index (χ0) is 13.0. The summed E-state index contributed by atoms with van der Waals surface area (Å²) in [6.07, 6.45) is 1.69. The molecule has 0 radical (unpaired) electrons. The molecule has 18 heavy (non-hydrogen) atoms. The third-order valence-electron chi connectivity index (χ3n) is 2.42. The summed E-state index contributed by atoms with van der Waals surface area (Å²) in [5.41, 5.74) is 0.942. The first kappa shape index (κ1) is 12.6. The number of rotatable bonds is 4. The standard InChI is InChI=1S/C13H14N2O2S/c1-9-3-5-11(18-9)13(16)15-8-10-4-6-12(17-2)14-7-10/h3-7H,8H2,1-2H3,(H,15,16). The molecule has 1 N–H and O–H groups in total. The zero-order valence-corrected chi connectivity index (χ0v) is 11.1. The number of pyridine rings is 1. The van der Waals surface area contributed by atoms with Crippen molar-refractivity contribution in [2.24, 2.45) is 0 Å². The van der Waals surface area contributed by atoms with Gasteiger partial charge in [-0.05, 0) is 24.6 Å². The second-order valence-corrected chi connectivity index (χ2v) is 5.09. The van der Waals surface area contributed by atoms with E-state index in [0.717, 1.165) is 15.3 Å². The van der Waals surface area contributed by atoms with Crippen LogP contribution in [0.5, 0.6) is 5.88 Å². The fraction of sp³-hybridized carbons (Fsp3) is 0.231. The van der Waals surface area contributed by atoms with Crippen molar-refractivity contribution >= 4 is 17.2 Å². The minimum atomic E-state index is -0.0519. The Morgan fingerprint density at radius 2 is 2.22 bits per heavy atom. The summed E-state index contributed by atoms with van der Waals surface area (Å²) in [6, 6.07) is 7.43. The molecular formula is C13H14N2O2S. The lowest BCUT2D eigenvalue weighted by Crippen LogP contribution is -2.21. The van der Waals surface area contributed by atoms with Gasteiger partial charge >= 0.3 is 0 Å². The van der Waals surface area contributed by atoms with Gasteiger partial charge in [0.1, 0.15) is 0 Å². The van der Waals surface area contributed by atoms with E-state index >= 15 is 0 Å². The van der Waals surface area contributed by atoms with Crippen molar-refractivity contribution in [3.05, 3.63) is 45.8 Å². The van der Waals surface area contributed by atoms with Gasteiger partial charge in [-0.15, -0.1) is 11.3 Å². The van der Waals surface area contributed by atoms with Gasteiger partial charge in [0.25, 0.3) is 5.91 Å². The van der Waals surface area contributed by atoms with Gasteiger partial charge in [-0.1, -0.05) is 6.07 Å². The van der Waals surface area contributed by atoms with Crippen molar-refractivity contribution < 1.29 is 9.53 Å². The number of amides is 1. The number of aryl methyl sites for hydroxylation is 1. The Morgan fingerprint density at radius 3 is 2.78 bits per heavy atom. The van der Waals surface area contributed by atoms with Gasteiger partial charge in [0, 0.05) is 23.7 Å². The number of ether oxygens (including phenoxy) is 1. The predicted molar refractivity (Wildman–Crippen MR) is 71.0 cm³/mol. The Hall–Kier alpha value is -1.88. The Bertz CT molecular complexity index is 534. The minimum Gasteiger partial charge on any atom is -0.481 e. The van der Waals surface area contributed by atoms with Gasteiger partial charge in [0.15, 0.2) is 0 Å². The molecule has 2 rings (SSSR count). The summed E-state index contributed by atoms with van der Waals surface area (Å²) in [5, 5.41) is 2.86. The van der Waals surface area contributed by atoms with Gasteiger partial charge in [-0.25, -0.2) is 4.98 Å². The van der Waals surface area contributed by atoms with Crippen LogP contribution >= 0.6 is 11.3 Å². The number of nitrogens with zero attached hydrogens (tertiary/aromatic N) is 1. The average molecular weight is 262 g/mol. The molecule has 4 nitrogen and oxygen atoms in total. The zero-order valence-electron chi connectivity index (χ0n) is 10.3. The van der Waals surface area contributed by atoms with Crippen LogP contribution in [-0.2, 0) is 6.54 Å². The molecule has 94 valence electrons. The maximum atomic E-state index is 11.8. The van der Waals surface area contributed by atoms with Crippen molar-refractivity contribution in [2.75, 3.05) is 7.11 Å². The largest absolute Gasteiger partial charge is 0.481 e. The van der Waals surface area contributed by atoms with Gasteiger partial charge in [-0.2, -0.15) is 0 Å². The first-order valence-electron chi connectivity index (χ1n) is 5.52. The van der Waals surface area contributed by atoms with Crippen molar-refractivity contribution in [2.45, 2.75) is 13.5 Å². The molecule has 0 saturated heterocycles. The number of nitrogens with one attached hydrogen (secondary N) is 1. The van der Waals surface area contributed by atoms with Crippen molar-refractivity contribution in [3.63, 3.8) is 0 Å². The molecule has 0 aliphatic carbocycles. The number of carbonyl (C=O) groups excluding carboxylic acids is 1. The number of carbonyl (C=O) groups is 1. The Morgan fingerprint density at radius 1 is 1.39 bits per heavy atom. The van der Waals surface area contributed by atoms with E-state index in [-0.39, 0.29) is 5.91 Å². The summed E-state index contributed by atoms with van der Waals surface area (Å²) >= 11 is 1.49. The lowest BCUT2D eigenvalue weighted by atomic mass is 10.3. The van der Waals surface area contributed by atoms with E-state index in [0.29, 0.717) is 12.4 Å². The molecule has 0 bridgehead atoms. The van der Waals surface area contributed by atoms with Crippen LogP contribution in [0.2, 0.25) is 0 Å². The molecule has 0 atom stereocenters. The van der Waals surface area contributed by atoms with Gasteiger partial charge in [0.2, 0.25) is 5.88 Å². The highest BCUT2D eigenvalue weighted by atomic mass is 32.1. The molecule has 0 saturated carbocycles. The van der Waals surface area contributed by atoms with Gasteiger partial charge < -0.3 is 10.1 Å². The van der Waals surface area contributed by atoms with Crippen molar-refractivity contribution in [3.8, 4) is 5.88 Å². The molecule has 0 aliphatic heterocycles. The summed E-state index contributed by atoms with van der Waals surface area (Å²) in [6.45, 7) is 2.45. The van der Waals surface area contributed by atoms with Gasteiger partial charge in [0.05, 0.1) is 12.0 Å². The average Bonchev–Trinajstić information content (AvgIpc) is 2.83. The third-order valence-corrected chi connectivity index (χ3v) is 3.42. The van der Waals surface area contributed by atoms with E-state index < -0.39 is 0 Å². The highest BCUT2D eigenvalue weighted by molar-refractivity contribution is 7.13. The maximum absolute atomic E-state index is 11.8. The summed E-state index contributed by atoms with van der Waals surface area (Å²) in [7, 11) is 1.57. The number of hydrogen-bond acceptors (Lipinski definition) is 4. The van der Waals surface area contributed by atoms with Crippen LogP contribution in [0.25, 0.3) is 0 Å². The Kier molecular flexibility index (Phi) is 3.94. The Labute approximate surface area is 110 Å². The predicted octanol–water partition coefficient (Wildman–Crippen LogP) is 2.39. The fourth-order valence-corrected chi connectivity index (χ4v) is 2.25. The first-order valence-corrected chi connectivity index (χ1v) is 6.34. The van der Waals surface area contributed by atoms with E-state index in [2.05, 4.69) is 10.3 Å². The quantitative estimate of drug-likeness (QED) is 0.920. The molecule has 0 aromatic carbocycles. The molecule has 2 aromatic heterocycles. The van der Waals surface area contributed by atoms with Crippen LogP contribution < -0.4 is 10.1 Å². The molecule has 0 aliphatic rings. The molecule has 1 amide bonds. The smallest absolute Gasteiger partial charge is 0.261 e. The summed E-state index contributed by atoms with van der Waals surface area (Å²) in [5.74, 6) is 0.517. The normalized spacial score (nSPS) is 10.1. The van der Waals surface area contributed by atoms with Gasteiger partial charge in [-0.3, -0.25) is 4.79 Å². The maximum Gasteiger partial charge on any atom is 0.261 e. The van der Waals surface area contributed by atoms with E-state index in [4.69, 9.17) is 4.74 Å². The van der Waals surface area contributed by atoms with E-state index in [1.165, 1.54) is 11.3 Å². The van der Waals surface area contributed by atoms with Crippen LogP contribution in [0, 0.1) is 6.92 Å². The first-order chi connectivity index (χ1) is 8.69. The number of methoxy groups -OCH3 is 1. The Balaban J connectivity index is 1.92. The molecular weight excluding hydrogens is 248 g/mol. The van der Waals surface area contributed by atoms with Crippen LogP contribution in [0.1, 0.15) is 20.1 Å². The molecule has 0 spiro atoms. The minimum absolute atomic E-state index is 0.0519. The highest BCUT2D eigenvalue weighted by Gasteiger charge is 2.07. The van der Waals surface area contributed by atoms with E-state index in [1.54, 1.807) is 19.4 Å². The lowest BCUT2D eigenvalue weighted by molar-refractivity contribution is 0.0955. The highest BCUT2D eigenvalue weighted by Crippen LogP contribution is 2.15. The van der Waals surface area contributed by atoms with Crippen LogP contribution in [0.4, 0.5) is 0 Å². The lowest BCUT2D eigenvalue weighted by Gasteiger charge is -2.04. The monoisotopic (exact) mass is 262 g/mol. The third kappa shape index (κ3) is 3.07. The molecule has 0 fully saturated rings.